The van der Waals surface area contributed by atoms with Gasteiger partial charge in [0.25, 0.3) is 10.0 Å². The van der Waals surface area contributed by atoms with Gasteiger partial charge in [-0.3, -0.25) is 9.40 Å². The van der Waals surface area contributed by atoms with Crippen molar-refractivity contribution >= 4 is 15.7 Å². The molecule has 1 aromatic heterocycles. The highest BCUT2D eigenvalue weighted by Gasteiger charge is 2.16. The number of anilines is 1. The zero-order valence-electron chi connectivity index (χ0n) is 12.2. The Labute approximate surface area is 125 Å². The molecule has 0 spiro atoms. The smallest absolute Gasteiger partial charge is 0.265 e. The van der Waals surface area contributed by atoms with Gasteiger partial charge in [0.1, 0.15) is 4.90 Å². The average Bonchev–Trinajstić information content (AvgIpc) is 2.88. The topological polar surface area (TPSA) is 76.0 Å². The van der Waals surface area contributed by atoms with Crippen LogP contribution < -0.4 is 10.0 Å². The van der Waals surface area contributed by atoms with E-state index in [1.807, 2.05) is 6.07 Å². The molecule has 0 unspecified atom stereocenters. The van der Waals surface area contributed by atoms with Crippen LogP contribution in [0.5, 0.6) is 0 Å². The lowest BCUT2D eigenvalue weighted by atomic mass is 10.3. The number of hydrogen-bond donors (Lipinski definition) is 2. The lowest BCUT2D eigenvalue weighted by Crippen LogP contribution is -2.26. The summed E-state index contributed by atoms with van der Waals surface area (Å²) in [7, 11) is -3.59. The summed E-state index contributed by atoms with van der Waals surface area (Å²) in [5.74, 6) is 0. The molecule has 0 aliphatic carbocycles. The van der Waals surface area contributed by atoms with E-state index in [9.17, 15) is 8.42 Å². The maximum atomic E-state index is 12.2. The Hall–Kier alpha value is -1.86. The van der Waals surface area contributed by atoms with Crippen LogP contribution in [0.4, 0.5) is 5.69 Å². The summed E-state index contributed by atoms with van der Waals surface area (Å²) in [4.78, 5) is 0.163. The van der Waals surface area contributed by atoms with E-state index in [0.717, 1.165) is 6.54 Å². The molecule has 7 heteroatoms. The van der Waals surface area contributed by atoms with Gasteiger partial charge >= 0.3 is 0 Å². The molecule has 0 aliphatic heterocycles. The minimum absolute atomic E-state index is 0.163. The highest BCUT2D eigenvalue weighted by atomic mass is 32.2. The lowest BCUT2D eigenvalue weighted by Gasteiger charge is -2.07. The van der Waals surface area contributed by atoms with Crippen LogP contribution in [0.15, 0.2) is 47.6 Å². The molecule has 0 radical (unpaired) electrons. The Morgan fingerprint density at radius 3 is 2.62 bits per heavy atom. The van der Waals surface area contributed by atoms with Gasteiger partial charge in [-0.2, -0.15) is 5.10 Å². The van der Waals surface area contributed by atoms with E-state index >= 15 is 0 Å². The van der Waals surface area contributed by atoms with Crippen molar-refractivity contribution < 1.29 is 8.42 Å². The average molecular weight is 308 g/mol. The fourth-order valence-electron chi connectivity index (χ4n) is 1.79. The Balaban J connectivity index is 2.02. The number of nitrogens with one attached hydrogen (secondary N) is 2. The number of aromatic nitrogens is 2. The SMILES string of the molecule is CC(C)NCCn1cc(S(=O)(=O)Nc2ccccc2)cn1. The van der Waals surface area contributed by atoms with Crippen LogP contribution in [0, 0.1) is 0 Å². The third kappa shape index (κ3) is 4.57. The minimum Gasteiger partial charge on any atom is -0.313 e. The van der Waals surface area contributed by atoms with Crippen LogP contribution in [0.3, 0.4) is 0 Å². The van der Waals surface area contributed by atoms with E-state index in [2.05, 4.69) is 29.0 Å². The number of benzene rings is 1. The Morgan fingerprint density at radius 1 is 1.24 bits per heavy atom. The first-order valence-corrected chi connectivity index (χ1v) is 8.29. The van der Waals surface area contributed by atoms with E-state index in [1.54, 1.807) is 28.9 Å². The fourth-order valence-corrected chi connectivity index (χ4v) is 2.80. The van der Waals surface area contributed by atoms with E-state index in [1.165, 1.54) is 12.4 Å². The van der Waals surface area contributed by atoms with Crippen LogP contribution in [0.1, 0.15) is 13.8 Å². The molecule has 0 fully saturated rings. The largest absolute Gasteiger partial charge is 0.313 e. The van der Waals surface area contributed by atoms with E-state index < -0.39 is 10.0 Å². The van der Waals surface area contributed by atoms with Crippen molar-refractivity contribution in [2.24, 2.45) is 0 Å². The number of nitrogens with zero attached hydrogens (tertiary/aromatic N) is 2. The summed E-state index contributed by atoms with van der Waals surface area (Å²) in [6, 6.07) is 9.18. The fraction of sp³-hybridized carbons (Fsp3) is 0.357. The minimum atomic E-state index is -3.59. The van der Waals surface area contributed by atoms with Crippen molar-refractivity contribution in [1.82, 2.24) is 15.1 Å². The third-order valence-corrected chi connectivity index (χ3v) is 4.18. The van der Waals surface area contributed by atoms with Crippen LogP contribution >= 0.6 is 0 Å². The molecule has 1 aromatic carbocycles. The van der Waals surface area contributed by atoms with Crippen molar-refractivity contribution in [3.8, 4) is 0 Å². The first kappa shape index (κ1) is 15.5. The van der Waals surface area contributed by atoms with Crippen LogP contribution in [-0.4, -0.2) is 30.8 Å². The van der Waals surface area contributed by atoms with Gasteiger partial charge in [0.05, 0.1) is 12.7 Å². The molecule has 0 amide bonds. The first-order chi connectivity index (χ1) is 9.97. The molecule has 2 N–H and O–H groups in total. The summed E-state index contributed by atoms with van der Waals surface area (Å²) in [5.41, 5.74) is 0.534. The second-order valence-corrected chi connectivity index (χ2v) is 6.70. The van der Waals surface area contributed by atoms with Crippen LogP contribution in [0.2, 0.25) is 0 Å². The van der Waals surface area contributed by atoms with Crippen molar-refractivity contribution in [2.75, 3.05) is 11.3 Å². The van der Waals surface area contributed by atoms with Crippen molar-refractivity contribution in [3.63, 3.8) is 0 Å². The molecule has 0 saturated heterocycles. The molecule has 1 heterocycles. The molecule has 2 aromatic rings. The van der Waals surface area contributed by atoms with E-state index in [0.29, 0.717) is 18.3 Å². The van der Waals surface area contributed by atoms with Crippen LogP contribution in [0.25, 0.3) is 0 Å². The summed E-state index contributed by atoms with van der Waals surface area (Å²) in [6.07, 6.45) is 2.90. The maximum Gasteiger partial charge on any atom is 0.265 e. The summed E-state index contributed by atoms with van der Waals surface area (Å²) < 4.78 is 28.6. The highest BCUT2D eigenvalue weighted by molar-refractivity contribution is 7.92. The maximum absolute atomic E-state index is 12.2. The molecule has 21 heavy (non-hydrogen) atoms. The van der Waals surface area contributed by atoms with Crippen LogP contribution in [-0.2, 0) is 16.6 Å². The monoisotopic (exact) mass is 308 g/mol. The van der Waals surface area contributed by atoms with Gasteiger partial charge in [-0.15, -0.1) is 0 Å². The Morgan fingerprint density at radius 2 is 1.95 bits per heavy atom. The van der Waals surface area contributed by atoms with Gasteiger partial charge in [0.2, 0.25) is 0 Å². The Bertz CT molecular complexity index is 665. The molecule has 0 bridgehead atoms. The van der Waals surface area contributed by atoms with Crippen molar-refractivity contribution in [1.29, 1.82) is 0 Å². The first-order valence-electron chi connectivity index (χ1n) is 6.81. The molecule has 2 rings (SSSR count). The molecule has 0 atom stereocenters. The molecular formula is C14H20N4O2S. The zero-order chi connectivity index (χ0) is 15.3. The Kier molecular flexibility index (Phi) is 4.98. The highest BCUT2D eigenvalue weighted by Crippen LogP contribution is 2.14. The van der Waals surface area contributed by atoms with Gasteiger partial charge in [0, 0.05) is 24.5 Å². The molecule has 0 saturated carbocycles. The van der Waals surface area contributed by atoms with Gasteiger partial charge in [0.15, 0.2) is 0 Å². The summed E-state index contributed by atoms with van der Waals surface area (Å²) >= 11 is 0. The van der Waals surface area contributed by atoms with E-state index in [4.69, 9.17) is 0 Å². The van der Waals surface area contributed by atoms with Gasteiger partial charge in [-0.25, -0.2) is 8.42 Å². The standard InChI is InChI=1S/C14H20N4O2S/c1-12(2)15-8-9-18-11-14(10-16-18)21(19,20)17-13-6-4-3-5-7-13/h3-7,10-12,15,17H,8-9H2,1-2H3. The number of rotatable bonds is 7. The predicted molar refractivity (Wildman–Crippen MR) is 82.6 cm³/mol. The zero-order valence-corrected chi connectivity index (χ0v) is 13.0. The second kappa shape index (κ2) is 6.73. The number of para-hydroxylation sites is 1. The molecular weight excluding hydrogens is 288 g/mol. The quantitative estimate of drug-likeness (QED) is 0.816. The number of sulfonamides is 1. The molecule has 0 aliphatic rings. The van der Waals surface area contributed by atoms with Gasteiger partial charge < -0.3 is 5.32 Å². The van der Waals surface area contributed by atoms with Crippen molar-refractivity contribution in [2.45, 2.75) is 31.3 Å². The van der Waals surface area contributed by atoms with Gasteiger partial charge in [-0.05, 0) is 12.1 Å². The van der Waals surface area contributed by atoms with Crippen molar-refractivity contribution in [3.05, 3.63) is 42.7 Å². The van der Waals surface area contributed by atoms with E-state index in [-0.39, 0.29) is 4.90 Å². The van der Waals surface area contributed by atoms with Gasteiger partial charge in [-0.1, -0.05) is 32.0 Å². The third-order valence-electron chi connectivity index (χ3n) is 2.84. The molecule has 114 valence electrons. The number of hydrogen-bond acceptors (Lipinski definition) is 4. The summed E-state index contributed by atoms with van der Waals surface area (Å²) in [5, 5.41) is 7.33. The second-order valence-electron chi connectivity index (χ2n) is 5.02. The predicted octanol–water partition coefficient (Wildman–Crippen LogP) is 1.68. The molecule has 6 nitrogen and oxygen atoms in total. The normalized spacial score (nSPS) is 11.8. The summed E-state index contributed by atoms with van der Waals surface area (Å²) in [6.45, 7) is 5.48. The lowest BCUT2D eigenvalue weighted by molar-refractivity contribution is 0.515.